The summed E-state index contributed by atoms with van der Waals surface area (Å²) in [7, 11) is 1.61. The van der Waals surface area contributed by atoms with Crippen molar-refractivity contribution in [2.75, 3.05) is 20.3 Å². The Morgan fingerprint density at radius 1 is 0.926 bits per heavy atom. The van der Waals surface area contributed by atoms with E-state index in [1.807, 2.05) is 36.4 Å². The largest absolute Gasteiger partial charge is 0.493 e. The quantitative estimate of drug-likeness (QED) is 0.587. The van der Waals surface area contributed by atoms with E-state index < -0.39 is 0 Å². The highest BCUT2D eigenvalue weighted by Gasteiger charge is 2.12. The summed E-state index contributed by atoms with van der Waals surface area (Å²) in [5.74, 6) is 1.83. The Bertz CT molecular complexity index is 730. The summed E-state index contributed by atoms with van der Waals surface area (Å²) in [6.07, 6.45) is 2.94. The van der Waals surface area contributed by atoms with E-state index in [-0.39, 0.29) is 5.91 Å². The minimum atomic E-state index is -0.160. The summed E-state index contributed by atoms with van der Waals surface area (Å²) < 4.78 is 16.8. The van der Waals surface area contributed by atoms with Crippen LogP contribution in [0.4, 0.5) is 0 Å². The molecule has 0 aliphatic carbocycles. The number of carbonyl (C=O) groups excluding carboxylic acids is 1. The van der Waals surface area contributed by atoms with E-state index in [0.29, 0.717) is 42.6 Å². The van der Waals surface area contributed by atoms with Gasteiger partial charge in [-0.3, -0.25) is 4.79 Å². The third kappa shape index (κ3) is 6.20. The van der Waals surface area contributed by atoms with Crippen molar-refractivity contribution in [1.29, 1.82) is 0 Å². The van der Waals surface area contributed by atoms with Crippen LogP contribution < -0.4 is 19.5 Å². The van der Waals surface area contributed by atoms with Crippen molar-refractivity contribution in [2.45, 2.75) is 39.7 Å². The normalized spacial score (nSPS) is 10.3. The molecule has 0 aliphatic heterocycles. The molecule has 0 radical (unpaired) electrons. The number of rotatable bonds is 11. The maximum Gasteiger partial charge on any atom is 0.255 e. The maximum atomic E-state index is 12.6. The summed E-state index contributed by atoms with van der Waals surface area (Å²) in [6.45, 7) is 5.81. The van der Waals surface area contributed by atoms with Gasteiger partial charge in [0.1, 0.15) is 5.75 Å². The number of unbranched alkanes of at least 4 members (excludes halogenated alkanes) is 1. The molecule has 1 amide bonds. The first kappa shape index (κ1) is 20.6. The van der Waals surface area contributed by atoms with E-state index in [0.717, 1.165) is 24.8 Å². The van der Waals surface area contributed by atoms with Gasteiger partial charge in [-0.1, -0.05) is 38.5 Å². The lowest BCUT2D eigenvalue weighted by Gasteiger charge is -2.13. The highest BCUT2D eigenvalue weighted by molar-refractivity contribution is 5.96. The number of hydrogen-bond acceptors (Lipinski definition) is 4. The molecule has 2 aromatic carbocycles. The van der Waals surface area contributed by atoms with E-state index in [9.17, 15) is 4.79 Å². The Labute approximate surface area is 161 Å². The van der Waals surface area contributed by atoms with Crippen LogP contribution >= 0.6 is 0 Å². The van der Waals surface area contributed by atoms with Gasteiger partial charge >= 0.3 is 0 Å². The SMILES string of the molecule is CCCCOc1ccccc1C(=O)NCc1ccc(OCCC)c(OC)c1. The number of nitrogens with one attached hydrogen (secondary N) is 1. The molecule has 0 bridgehead atoms. The second kappa shape index (κ2) is 11.1. The average molecular weight is 371 g/mol. The minimum absolute atomic E-state index is 0.160. The van der Waals surface area contributed by atoms with Crippen LogP contribution in [-0.4, -0.2) is 26.2 Å². The first-order valence-corrected chi connectivity index (χ1v) is 9.49. The molecular formula is C22H29NO4. The lowest BCUT2D eigenvalue weighted by molar-refractivity contribution is 0.0946. The molecule has 0 fully saturated rings. The van der Waals surface area contributed by atoms with Crippen LogP contribution in [0.1, 0.15) is 49.0 Å². The topological polar surface area (TPSA) is 56.8 Å². The Balaban J connectivity index is 2.01. The summed E-state index contributed by atoms with van der Waals surface area (Å²) in [5.41, 5.74) is 1.48. The fourth-order valence-electron chi connectivity index (χ4n) is 2.54. The van der Waals surface area contributed by atoms with Crippen molar-refractivity contribution in [3.63, 3.8) is 0 Å². The van der Waals surface area contributed by atoms with Gasteiger partial charge in [0.05, 0.1) is 25.9 Å². The van der Waals surface area contributed by atoms with Crippen LogP contribution in [0.5, 0.6) is 17.2 Å². The lowest BCUT2D eigenvalue weighted by atomic mass is 10.1. The number of hydrogen-bond donors (Lipinski definition) is 1. The van der Waals surface area contributed by atoms with Crippen LogP contribution in [-0.2, 0) is 6.54 Å². The van der Waals surface area contributed by atoms with Crippen molar-refractivity contribution in [3.8, 4) is 17.2 Å². The van der Waals surface area contributed by atoms with Crippen molar-refractivity contribution >= 4 is 5.91 Å². The van der Waals surface area contributed by atoms with Crippen LogP contribution in [0.25, 0.3) is 0 Å². The van der Waals surface area contributed by atoms with Crippen LogP contribution in [0.15, 0.2) is 42.5 Å². The monoisotopic (exact) mass is 371 g/mol. The standard InChI is InChI=1S/C22H29NO4/c1-4-6-14-27-19-10-8-7-9-18(19)22(24)23-16-17-11-12-20(26-13-5-2)21(15-17)25-3/h7-12,15H,4-6,13-14,16H2,1-3H3,(H,23,24). The van der Waals surface area contributed by atoms with Gasteiger partial charge in [-0.15, -0.1) is 0 Å². The molecule has 0 heterocycles. The number of ether oxygens (including phenoxy) is 3. The van der Waals surface area contributed by atoms with E-state index >= 15 is 0 Å². The molecule has 0 unspecified atom stereocenters. The van der Waals surface area contributed by atoms with Crippen molar-refractivity contribution < 1.29 is 19.0 Å². The zero-order valence-corrected chi connectivity index (χ0v) is 16.4. The Kier molecular flexibility index (Phi) is 8.49. The fraction of sp³-hybridized carbons (Fsp3) is 0.409. The molecule has 5 nitrogen and oxygen atoms in total. The molecule has 146 valence electrons. The smallest absolute Gasteiger partial charge is 0.255 e. The predicted molar refractivity (Wildman–Crippen MR) is 107 cm³/mol. The molecule has 0 spiro atoms. The highest BCUT2D eigenvalue weighted by atomic mass is 16.5. The van der Waals surface area contributed by atoms with Gasteiger partial charge in [-0.2, -0.15) is 0 Å². The van der Waals surface area contributed by atoms with Crippen molar-refractivity contribution in [3.05, 3.63) is 53.6 Å². The first-order chi connectivity index (χ1) is 13.2. The zero-order valence-electron chi connectivity index (χ0n) is 16.4. The van der Waals surface area contributed by atoms with E-state index in [1.165, 1.54) is 0 Å². The van der Waals surface area contributed by atoms with Crippen LogP contribution in [0, 0.1) is 0 Å². The molecule has 27 heavy (non-hydrogen) atoms. The molecular weight excluding hydrogens is 342 g/mol. The van der Waals surface area contributed by atoms with E-state index in [2.05, 4.69) is 19.2 Å². The Morgan fingerprint density at radius 2 is 1.70 bits per heavy atom. The third-order valence-electron chi connectivity index (χ3n) is 4.03. The average Bonchev–Trinajstić information content (AvgIpc) is 2.71. The van der Waals surface area contributed by atoms with Gasteiger partial charge in [0.2, 0.25) is 0 Å². The molecule has 2 rings (SSSR count). The van der Waals surface area contributed by atoms with Crippen LogP contribution in [0.2, 0.25) is 0 Å². The van der Waals surface area contributed by atoms with Gasteiger partial charge in [-0.25, -0.2) is 0 Å². The fourth-order valence-corrected chi connectivity index (χ4v) is 2.54. The molecule has 2 aromatic rings. The summed E-state index contributed by atoms with van der Waals surface area (Å²) >= 11 is 0. The third-order valence-corrected chi connectivity index (χ3v) is 4.03. The second-order valence-corrected chi connectivity index (χ2v) is 6.21. The second-order valence-electron chi connectivity index (χ2n) is 6.21. The number of amides is 1. The van der Waals surface area contributed by atoms with E-state index in [1.54, 1.807) is 13.2 Å². The van der Waals surface area contributed by atoms with Crippen molar-refractivity contribution in [1.82, 2.24) is 5.32 Å². The Hall–Kier alpha value is -2.69. The minimum Gasteiger partial charge on any atom is -0.493 e. The maximum absolute atomic E-state index is 12.6. The Morgan fingerprint density at radius 3 is 2.44 bits per heavy atom. The van der Waals surface area contributed by atoms with Crippen molar-refractivity contribution in [2.24, 2.45) is 0 Å². The zero-order chi connectivity index (χ0) is 19.5. The number of methoxy groups -OCH3 is 1. The molecule has 5 heteroatoms. The van der Waals surface area contributed by atoms with Crippen LogP contribution in [0.3, 0.4) is 0 Å². The molecule has 0 saturated carbocycles. The van der Waals surface area contributed by atoms with Gasteiger partial charge in [-0.05, 0) is 42.7 Å². The molecule has 0 saturated heterocycles. The molecule has 0 aromatic heterocycles. The molecule has 0 aliphatic rings. The van der Waals surface area contributed by atoms with E-state index in [4.69, 9.17) is 14.2 Å². The first-order valence-electron chi connectivity index (χ1n) is 9.49. The predicted octanol–water partition coefficient (Wildman–Crippen LogP) is 4.59. The number of benzene rings is 2. The molecule has 0 atom stereocenters. The van der Waals surface area contributed by atoms with Gasteiger partial charge in [0.25, 0.3) is 5.91 Å². The highest BCUT2D eigenvalue weighted by Crippen LogP contribution is 2.28. The lowest BCUT2D eigenvalue weighted by Crippen LogP contribution is -2.23. The summed E-state index contributed by atoms with van der Waals surface area (Å²) in [6, 6.07) is 13.0. The van der Waals surface area contributed by atoms with Gasteiger partial charge in [0.15, 0.2) is 11.5 Å². The summed E-state index contributed by atoms with van der Waals surface area (Å²) in [4.78, 5) is 12.6. The number of para-hydroxylation sites is 1. The molecule has 1 N–H and O–H groups in total. The van der Waals surface area contributed by atoms with Gasteiger partial charge in [0, 0.05) is 6.54 Å². The van der Waals surface area contributed by atoms with Gasteiger partial charge < -0.3 is 19.5 Å². The summed E-state index contributed by atoms with van der Waals surface area (Å²) in [5, 5.41) is 2.94. The number of carbonyl (C=O) groups is 1.